The SMILES string of the molecule is O=C(CC1c2ncccc2C(=O)N1c1ccc(Cl)cc1)NCc1cccs1. The number of nitrogens with one attached hydrogen (secondary N) is 1. The van der Waals surface area contributed by atoms with E-state index in [1.807, 2.05) is 17.5 Å². The number of thiophene rings is 1. The number of aromatic nitrogens is 1. The highest BCUT2D eigenvalue weighted by Gasteiger charge is 2.39. The van der Waals surface area contributed by atoms with Crippen LogP contribution in [0.3, 0.4) is 0 Å². The summed E-state index contributed by atoms with van der Waals surface area (Å²) in [4.78, 5) is 32.6. The molecule has 1 atom stereocenters. The molecule has 0 bridgehead atoms. The first kappa shape index (κ1) is 17.7. The summed E-state index contributed by atoms with van der Waals surface area (Å²) in [6.45, 7) is 0.479. The van der Waals surface area contributed by atoms with Gasteiger partial charge in [0.1, 0.15) is 0 Å². The Morgan fingerprint density at radius 2 is 2.00 bits per heavy atom. The molecule has 0 saturated heterocycles. The van der Waals surface area contributed by atoms with Crippen molar-refractivity contribution in [3.05, 3.63) is 81.3 Å². The summed E-state index contributed by atoms with van der Waals surface area (Å²) in [6, 6.07) is 14.0. The standard InChI is InChI=1S/C20H16ClN3O2S/c21-13-5-7-14(8-6-13)24-17(19-16(20(24)26)4-1-9-22-19)11-18(25)23-12-15-3-2-10-27-15/h1-10,17H,11-12H2,(H,23,25). The quantitative estimate of drug-likeness (QED) is 0.701. The van der Waals surface area contributed by atoms with Crippen LogP contribution in [0.15, 0.2) is 60.1 Å². The fourth-order valence-corrected chi connectivity index (χ4v) is 3.96. The smallest absolute Gasteiger partial charge is 0.260 e. The summed E-state index contributed by atoms with van der Waals surface area (Å²) in [7, 11) is 0. The number of benzene rings is 1. The minimum absolute atomic E-state index is 0.126. The van der Waals surface area contributed by atoms with Crippen LogP contribution in [0.5, 0.6) is 0 Å². The number of hydrogen-bond donors (Lipinski definition) is 1. The molecule has 27 heavy (non-hydrogen) atoms. The molecule has 0 aliphatic carbocycles. The van der Waals surface area contributed by atoms with Gasteiger partial charge in [0.2, 0.25) is 5.91 Å². The Morgan fingerprint density at radius 1 is 1.19 bits per heavy atom. The number of nitrogens with zero attached hydrogens (tertiary/aromatic N) is 2. The first-order chi connectivity index (χ1) is 13.1. The van der Waals surface area contributed by atoms with Gasteiger partial charge in [-0.1, -0.05) is 17.7 Å². The van der Waals surface area contributed by atoms with E-state index in [1.165, 1.54) is 0 Å². The molecule has 0 radical (unpaired) electrons. The summed E-state index contributed by atoms with van der Waals surface area (Å²) >= 11 is 7.57. The first-order valence-electron chi connectivity index (χ1n) is 8.46. The molecule has 1 aliphatic rings. The number of halogens is 1. The Morgan fingerprint density at radius 3 is 2.74 bits per heavy atom. The van der Waals surface area contributed by atoms with Gasteiger partial charge in [0.05, 0.1) is 30.3 Å². The van der Waals surface area contributed by atoms with Crippen molar-refractivity contribution in [2.75, 3.05) is 4.90 Å². The summed E-state index contributed by atoms with van der Waals surface area (Å²) < 4.78 is 0. The lowest BCUT2D eigenvalue weighted by atomic mass is 10.1. The number of carbonyl (C=O) groups is 2. The van der Waals surface area contributed by atoms with Gasteiger partial charge in [-0.15, -0.1) is 11.3 Å². The lowest BCUT2D eigenvalue weighted by molar-refractivity contribution is -0.121. The number of anilines is 1. The Kier molecular flexibility index (Phi) is 4.92. The van der Waals surface area contributed by atoms with E-state index in [0.29, 0.717) is 28.5 Å². The maximum absolute atomic E-state index is 12.9. The van der Waals surface area contributed by atoms with Gasteiger partial charge < -0.3 is 5.32 Å². The Bertz CT molecular complexity index is 973. The second-order valence-electron chi connectivity index (χ2n) is 6.16. The van der Waals surface area contributed by atoms with Crippen molar-refractivity contribution in [1.29, 1.82) is 0 Å². The molecular formula is C20H16ClN3O2S. The Hall–Kier alpha value is -2.70. The van der Waals surface area contributed by atoms with Gasteiger partial charge in [-0.05, 0) is 47.8 Å². The van der Waals surface area contributed by atoms with Crippen LogP contribution in [-0.2, 0) is 11.3 Å². The van der Waals surface area contributed by atoms with E-state index in [9.17, 15) is 9.59 Å². The minimum Gasteiger partial charge on any atom is -0.351 e. The first-order valence-corrected chi connectivity index (χ1v) is 9.72. The van der Waals surface area contributed by atoms with Crippen molar-refractivity contribution >= 4 is 40.4 Å². The van der Waals surface area contributed by atoms with Crippen LogP contribution in [-0.4, -0.2) is 16.8 Å². The van der Waals surface area contributed by atoms with E-state index in [2.05, 4.69) is 10.3 Å². The third kappa shape index (κ3) is 3.59. The number of hydrogen-bond acceptors (Lipinski definition) is 4. The van der Waals surface area contributed by atoms with Gasteiger partial charge in [-0.2, -0.15) is 0 Å². The van der Waals surface area contributed by atoms with Gasteiger partial charge in [-0.25, -0.2) is 0 Å². The van der Waals surface area contributed by atoms with Crippen LogP contribution in [0.2, 0.25) is 5.02 Å². The minimum atomic E-state index is -0.446. The zero-order valence-corrected chi connectivity index (χ0v) is 15.8. The summed E-state index contributed by atoms with van der Waals surface area (Å²) in [5, 5.41) is 5.48. The number of rotatable bonds is 5. The van der Waals surface area contributed by atoms with Crippen LogP contribution in [0.4, 0.5) is 5.69 Å². The van der Waals surface area contributed by atoms with Crippen molar-refractivity contribution < 1.29 is 9.59 Å². The molecule has 0 fully saturated rings. The summed E-state index contributed by atoms with van der Waals surface area (Å²) in [6.07, 6.45) is 1.79. The molecule has 7 heteroatoms. The Labute approximate surface area is 165 Å². The third-order valence-electron chi connectivity index (χ3n) is 4.44. The highest BCUT2D eigenvalue weighted by molar-refractivity contribution is 7.09. The molecule has 136 valence electrons. The van der Waals surface area contributed by atoms with Gasteiger partial charge in [0, 0.05) is 21.8 Å². The number of carbonyl (C=O) groups excluding carboxylic acids is 2. The maximum Gasteiger partial charge on any atom is 0.260 e. The molecule has 0 saturated carbocycles. The largest absolute Gasteiger partial charge is 0.351 e. The average Bonchev–Trinajstić information content (AvgIpc) is 3.29. The maximum atomic E-state index is 12.9. The number of fused-ring (bicyclic) bond motifs is 1. The third-order valence-corrected chi connectivity index (χ3v) is 5.57. The molecule has 1 unspecified atom stereocenters. The molecule has 5 nitrogen and oxygen atoms in total. The van der Waals surface area contributed by atoms with Crippen molar-refractivity contribution in [2.45, 2.75) is 19.0 Å². The predicted molar refractivity (Wildman–Crippen MR) is 106 cm³/mol. The topological polar surface area (TPSA) is 62.3 Å². The van der Waals surface area contributed by atoms with Gasteiger partial charge in [0.25, 0.3) is 5.91 Å². The molecule has 0 spiro atoms. The molecule has 1 N–H and O–H groups in total. The highest BCUT2D eigenvalue weighted by atomic mass is 35.5. The van der Waals surface area contributed by atoms with Crippen LogP contribution in [0, 0.1) is 0 Å². The Balaban J connectivity index is 1.59. The summed E-state index contributed by atoms with van der Waals surface area (Å²) in [5.74, 6) is -0.282. The second-order valence-corrected chi connectivity index (χ2v) is 7.63. The second kappa shape index (κ2) is 7.50. The van der Waals surface area contributed by atoms with Gasteiger partial charge in [-0.3, -0.25) is 19.5 Å². The molecule has 4 rings (SSSR count). The van der Waals surface area contributed by atoms with Crippen molar-refractivity contribution in [2.24, 2.45) is 0 Å². The van der Waals surface area contributed by atoms with Crippen molar-refractivity contribution in [1.82, 2.24) is 10.3 Å². The van der Waals surface area contributed by atoms with Crippen LogP contribution in [0.1, 0.15) is 33.4 Å². The van der Waals surface area contributed by atoms with Gasteiger partial charge in [0.15, 0.2) is 0 Å². The predicted octanol–water partition coefficient (Wildman–Crippen LogP) is 4.20. The fraction of sp³-hybridized carbons (Fsp3) is 0.150. The van der Waals surface area contributed by atoms with Crippen LogP contribution >= 0.6 is 22.9 Å². The monoisotopic (exact) mass is 397 g/mol. The molecule has 3 heterocycles. The van der Waals surface area contributed by atoms with Gasteiger partial charge >= 0.3 is 0 Å². The van der Waals surface area contributed by atoms with E-state index in [1.54, 1.807) is 58.8 Å². The lowest BCUT2D eigenvalue weighted by Gasteiger charge is -2.24. The molecular weight excluding hydrogens is 382 g/mol. The highest BCUT2D eigenvalue weighted by Crippen LogP contribution is 2.38. The average molecular weight is 398 g/mol. The van der Waals surface area contributed by atoms with Crippen molar-refractivity contribution in [3.8, 4) is 0 Å². The zero-order chi connectivity index (χ0) is 18.8. The van der Waals surface area contributed by atoms with E-state index >= 15 is 0 Å². The molecule has 2 amide bonds. The normalized spacial score (nSPS) is 15.7. The van der Waals surface area contributed by atoms with E-state index in [-0.39, 0.29) is 18.2 Å². The lowest BCUT2D eigenvalue weighted by Crippen LogP contribution is -2.32. The molecule has 2 aromatic heterocycles. The molecule has 1 aromatic carbocycles. The zero-order valence-electron chi connectivity index (χ0n) is 14.3. The van der Waals surface area contributed by atoms with Crippen molar-refractivity contribution in [3.63, 3.8) is 0 Å². The molecule has 3 aromatic rings. The molecule has 1 aliphatic heterocycles. The fourth-order valence-electron chi connectivity index (χ4n) is 3.19. The van der Waals surface area contributed by atoms with Crippen LogP contribution < -0.4 is 10.2 Å². The van der Waals surface area contributed by atoms with E-state index < -0.39 is 6.04 Å². The van der Waals surface area contributed by atoms with E-state index in [4.69, 9.17) is 11.6 Å². The van der Waals surface area contributed by atoms with E-state index in [0.717, 1.165) is 4.88 Å². The number of pyridine rings is 1. The van der Waals surface area contributed by atoms with Crippen LogP contribution in [0.25, 0.3) is 0 Å². The summed E-state index contributed by atoms with van der Waals surface area (Å²) in [5.41, 5.74) is 1.85. The number of amides is 2.